The van der Waals surface area contributed by atoms with Crippen molar-refractivity contribution in [3.05, 3.63) is 75.3 Å². The molecule has 7 nitrogen and oxygen atoms in total. The van der Waals surface area contributed by atoms with Crippen LogP contribution in [0.15, 0.2) is 53.6 Å². The van der Waals surface area contributed by atoms with E-state index in [1.807, 2.05) is 6.07 Å². The summed E-state index contributed by atoms with van der Waals surface area (Å²) >= 11 is 0. The zero-order chi connectivity index (χ0) is 15.9. The molecule has 2 aromatic carbocycles. The van der Waals surface area contributed by atoms with Gasteiger partial charge in [-0.2, -0.15) is 10.4 Å². The predicted octanol–water partition coefficient (Wildman–Crippen LogP) is 2.23. The highest BCUT2D eigenvalue weighted by atomic mass is 16.6. The molecule has 1 N–H and O–H groups in total. The van der Waals surface area contributed by atoms with Crippen LogP contribution in [0.4, 0.5) is 5.69 Å². The lowest BCUT2D eigenvalue weighted by molar-refractivity contribution is -0.385. The number of benzene rings is 2. The summed E-state index contributed by atoms with van der Waals surface area (Å²) in [5, 5.41) is 23.3. The monoisotopic (exact) mass is 294 g/mol. The number of nitriles is 1. The van der Waals surface area contributed by atoms with Gasteiger partial charge in [-0.15, -0.1) is 0 Å². The minimum Gasteiger partial charge on any atom is -0.267 e. The molecule has 0 spiro atoms. The molecule has 0 saturated heterocycles. The van der Waals surface area contributed by atoms with Gasteiger partial charge in [-0.1, -0.05) is 24.3 Å². The smallest absolute Gasteiger partial charge is 0.267 e. The number of nitro benzene ring substituents is 1. The Morgan fingerprint density at radius 3 is 2.55 bits per heavy atom. The second kappa shape index (κ2) is 6.76. The first-order valence-electron chi connectivity index (χ1n) is 6.19. The number of hydrazone groups is 1. The summed E-state index contributed by atoms with van der Waals surface area (Å²) in [6.07, 6.45) is 1.38. The van der Waals surface area contributed by atoms with E-state index in [-0.39, 0.29) is 11.3 Å². The molecule has 0 unspecified atom stereocenters. The van der Waals surface area contributed by atoms with E-state index < -0.39 is 10.8 Å². The number of hydrogen-bond donors (Lipinski definition) is 1. The maximum Gasteiger partial charge on any atom is 0.282 e. The molecule has 0 saturated carbocycles. The van der Waals surface area contributed by atoms with Crippen molar-refractivity contribution in [3.63, 3.8) is 0 Å². The van der Waals surface area contributed by atoms with Crippen molar-refractivity contribution in [1.82, 2.24) is 5.43 Å². The normalized spacial score (nSPS) is 10.1. The first-order chi connectivity index (χ1) is 10.6. The van der Waals surface area contributed by atoms with Crippen molar-refractivity contribution in [2.45, 2.75) is 0 Å². The Labute approximate surface area is 125 Å². The van der Waals surface area contributed by atoms with Crippen molar-refractivity contribution in [2.75, 3.05) is 0 Å². The average Bonchev–Trinajstić information content (AvgIpc) is 2.55. The Kier molecular flexibility index (Phi) is 4.57. The van der Waals surface area contributed by atoms with Crippen LogP contribution in [-0.2, 0) is 0 Å². The molecule has 0 aliphatic carbocycles. The molecule has 0 aromatic heterocycles. The average molecular weight is 294 g/mol. The quantitative estimate of drug-likeness (QED) is 0.529. The van der Waals surface area contributed by atoms with Gasteiger partial charge >= 0.3 is 0 Å². The van der Waals surface area contributed by atoms with Crippen molar-refractivity contribution >= 4 is 17.8 Å². The van der Waals surface area contributed by atoms with Crippen LogP contribution in [0.5, 0.6) is 0 Å². The van der Waals surface area contributed by atoms with Crippen molar-refractivity contribution < 1.29 is 9.72 Å². The number of hydrogen-bond acceptors (Lipinski definition) is 5. The molecule has 7 heteroatoms. The topological polar surface area (TPSA) is 108 Å². The maximum atomic E-state index is 11.9. The second-order valence-electron chi connectivity index (χ2n) is 4.21. The molecule has 0 heterocycles. The molecule has 2 rings (SSSR count). The van der Waals surface area contributed by atoms with E-state index in [0.717, 1.165) is 0 Å². The zero-order valence-corrected chi connectivity index (χ0v) is 11.3. The Bertz CT molecular complexity index is 776. The molecule has 0 aliphatic heterocycles. The van der Waals surface area contributed by atoms with Gasteiger partial charge in [0.05, 0.1) is 22.8 Å². The number of carbonyl (C=O) groups excluding carboxylic acids is 1. The highest BCUT2D eigenvalue weighted by Crippen LogP contribution is 2.17. The number of nitro groups is 1. The third-order valence-electron chi connectivity index (χ3n) is 2.76. The molecular formula is C15H10N4O3. The fraction of sp³-hybridized carbons (Fsp3) is 0. The summed E-state index contributed by atoms with van der Waals surface area (Å²) < 4.78 is 0. The van der Waals surface area contributed by atoms with Gasteiger partial charge in [0.1, 0.15) is 5.56 Å². The van der Waals surface area contributed by atoms with E-state index in [1.54, 1.807) is 24.3 Å². The van der Waals surface area contributed by atoms with Crippen LogP contribution in [0.3, 0.4) is 0 Å². The summed E-state index contributed by atoms with van der Waals surface area (Å²) in [6.45, 7) is 0. The summed E-state index contributed by atoms with van der Waals surface area (Å²) in [4.78, 5) is 22.1. The van der Waals surface area contributed by atoms with Crippen molar-refractivity contribution in [3.8, 4) is 6.07 Å². The van der Waals surface area contributed by atoms with Crippen LogP contribution in [0, 0.1) is 21.4 Å². The van der Waals surface area contributed by atoms with Crippen LogP contribution in [-0.4, -0.2) is 17.0 Å². The molecule has 0 radical (unpaired) electrons. The summed E-state index contributed by atoms with van der Waals surface area (Å²) in [6, 6.07) is 14.2. The van der Waals surface area contributed by atoms with Gasteiger partial charge < -0.3 is 0 Å². The number of amides is 1. The Morgan fingerprint density at radius 2 is 1.91 bits per heavy atom. The molecule has 0 atom stereocenters. The van der Waals surface area contributed by atoms with Gasteiger partial charge in [-0.25, -0.2) is 5.43 Å². The first kappa shape index (κ1) is 14.9. The van der Waals surface area contributed by atoms with E-state index in [1.165, 1.54) is 30.5 Å². The molecule has 0 fully saturated rings. The van der Waals surface area contributed by atoms with Crippen LogP contribution in [0.2, 0.25) is 0 Å². The maximum absolute atomic E-state index is 11.9. The number of nitrogens with one attached hydrogen (secondary N) is 1. The van der Waals surface area contributed by atoms with Crippen molar-refractivity contribution in [2.24, 2.45) is 5.10 Å². The van der Waals surface area contributed by atoms with Gasteiger partial charge in [0, 0.05) is 6.07 Å². The van der Waals surface area contributed by atoms with E-state index in [2.05, 4.69) is 10.5 Å². The lowest BCUT2D eigenvalue weighted by Gasteiger charge is -2.01. The Hall–Kier alpha value is -3.53. The fourth-order valence-corrected chi connectivity index (χ4v) is 1.69. The van der Waals surface area contributed by atoms with Crippen LogP contribution in [0.1, 0.15) is 21.5 Å². The molecule has 1 amide bonds. The van der Waals surface area contributed by atoms with Gasteiger partial charge in [-0.3, -0.25) is 14.9 Å². The van der Waals surface area contributed by atoms with Crippen LogP contribution >= 0.6 is 0 Å². The molecule has 108 valence electrons. The first-order valence-corrected chi connectivity index (χ1v) is 6.19. The Balaban J connectivity index is 2.08. The van der Waals surface area contributed by atoms with Gasteiger partial charge in [0.15, 0.2) is 0 Å². The largest absolute Gasteiger partial charge is 0.282 e. The second-order valence-corrected chi connectivity index (χ2v) is 4.21. The van der Waals surface area contributed by atoms with Crippen LogP contribution in [0.25, 0.3) is 0 Å². The number of carbonyl (C=O) groups is 1. The van der Waals surface area contributed by atoms with E-state index in [9.17, 15) is 14.9 Å². The van der Waals surface area contributed by atoms with Gasteiger partial charge in [0.25, 0.3) is 11.6 Å². The van der Waals surface area contributed by atoms with Gasteiger partial charge in [-0.05, 0) is 23.8 Å². The van der Waals surface area contributed by atoms with E-state index >= 15 is 0 Å². The molecule has 2 aromatic rings. The van der Waals surface area contributed by atoms with E-state index in [4.69, 9.17) is 5.26 Å². The van der Waals surface area contributed by atoms with E-state index in [0.29, 0.717) is 11.1 Å². The molecule has 0 bridgehead atoms. The predicted molar refractivity (Wildman–Crippen MR) is 79.3 cm³/mol. The SMILES string of the molecule is N#Cc1ccc(/C=N/NC(=O)c2ccccc2[N+](=O)[O-])cc1. The molecule has 22 heavy (non-hydrogen) atoms. The summed E-state index contributed by atoms with van der Waals surface area (Å²) in [5.74, 6) is -0.669. The number of nitrogens with zero attached hydrogens (tertiary/aromatic N) is 3. The highest BCUT2D eigenvalue weighted by molar-refractivity contribution is 5.98. The third-order valence-corrected chi connectivity index (χ3v) is 2.76. The van der Waals surface area contributed by atoms with Crippen LogP contribution < -0.4 is 5.43 Å². The lowest BCUT2D eigenvalue weighted by atomic mass is 10.1. The molecular weight excluding hydrogens is 284 g/mol. The standard InChI is InChI=1S/C15H10N4O3/c16-9-11-5-7-12(8-6-11)10-17-18-15(20)13-3-1-2-4-14(13)19(21)22/h1-8,10H,(H,18,20)/b17-10+. The summed E-state index contributed by atoms with van der Waals surface area (Å²) in [5.41, 5.74) is 3.08. The summed E-state index contributed by atoms with van der Waals surface area (Å²) in [7, 11) is 0. The number of para-hydroxylation sites is 1. The minimum atomic E-state index is -0.669. The zero-order valence-electron chi connectivity index (χ0n) is 11.3. The lowest BCUT2D eigenvalue weighted by Crippen LogP contribution is -2.18. The minimum absolute atomic E-state index is 0.0653. The van der Waals surface area contributed by atoms with Gasteiger partial charge in [0.2, 0.25) is 0 Å². The fourth-order valence-electron chi connectivity index (χ4n) is 1.69. The number of rotatable bonds is 4. The Morgan fingerprint density at radius 1 is 1.23 bits per heavy atom. The molecule has 0 aliphatic rings. The third kappa shape index (κ3) is 3.52. The van der Waals surface area contributed by atoms with Crippen molar-refractivity contribution in [1.29, 1.82) is 5.26 Å². The highest BCUT2D eigenvalue weighted by Gasteiger charge is 2.18.